The standard InChI is InChI=1S/C36H40N6O4/c43-34-29-9-4-5-10-31(29)46-26-36(14-19-41(20-15-36)35(44)30-25-45-33(39-30)28-11-12-28)13-6-18-40(32-23-37-16-17-38-32)21-22-42(34)24-27-7-2-1-3-8-27/h1-5,7-10,16-17,23,25,28H,6,11-15,18-22,24,26H2. The predicted molar refractivity (Wildman–Crippen MR) is 173 cm³/mol. The third-order valence-corrected chi connectivity index (χ3v) is 9.58. The van der Waals surface area contributed by atoms with Crippen molar-refractivity contribution in [2.45, 2.75) is 51.0 Å². The van der Waals surface area contributed by atoms with Gasteiger partial charge in [0.05, 0.1) is 18.4 Å². The molecule has 4 heterocycles. The van der Waals surface area contributed by atoms with Crippen LogP contribution < -0.4 is 9.64 Å². The van der Waals surface area contributed by atoms with Crippen LogP contribution in [-0.2, 0) is 6.54 Å². The van der Waals surface area contributed by atoms with E-state index in [9.17, 15) is 9.59 Å². The second-order valence-corrected chi connectivity index (χ2v) is 12.8. The fourth-order valence-corrected chi connectivity index (χ4v) is 6.62. The summed E-state index contributed by atoms with van der Waals surface area (Å²) in [6, 6.07) is 17.6. The van der Waals surface area contributed by atoms with Crippen LogP contribution in [0.15, 0.2) is 83.9 Å². The highest BCUT2D eigenvalue weighted by molar-refractivity contribution is 5.97. The molecular weight excluding hydrogens is 580 g/mol. The van der Waals surface area contributed by atoms with Crippen molar-refractivity contribution in [2.75, 3.05) is 44.2 Å². The van der Waals surface area contributed by atoms with Crippen LogP contribution in [0.1, 0.15) is 76.7 Å². The summed E-state index contributed by atoms with van der Waals surface area (Å²) in [5.41, 5.74) is 1.88. The number of nitrogens with zero attached hydrogens (tertiary/aromatic N) is 6. The van der Waals surface area contributed by atoms with E-state index in [1.54, 1.807) is 18.6 Å². The van der Waals surface area contributed by atoms with E-state index in [4.69, 9.17) is 9.15 Å². The Morgan fingerprint density at radius 2 is 1.72 bits per heavy atom. The molecule has 0 N–H and O–H groups in total. The number of para-hydroxylation sites is 1. The van der Waals surface area contributed by atoms with Gasteiger partial charge in [0.1, 0.15) is 17.8 Å². The van der Waals surface area contributed by atoms with Gasteiger partial charge in [-0.2, -0.15) is 0 Å². The molecular formula is C36H40N6O4. The number of aromatic nitrogens is 3. The Morgan fingerprint density at radius 1 is 0.913 bits per heavy atom. The minimum Gasteiger partial charge on any atom is -0.492 e. The van der Waals surface area contributed by atoms with Gasteiger partial charge in [-0.25, -0.2) is 9.97 Å². The Kier molecular flexibility index (Phi) is 8.68. The lowest BCUT2D eigenvalue weighted by atomic mass is 9.75. The van der Waals surface area contributed by atoms with Crippen LogP contribution in [0.5, 0.6) is 5.75 Å². The van der Waals surface area contributed by atoms with Crippen molar-refractivity contribution in [3.63, 3.8) is 0 Å². The van der Waals surface area contributed by atoms with Crippen molar-refractivity contribution in [2.24, 2.45) is 5.41 Å². The number of amides is 2. The van der Waals surface area contributed by atoms with Gasteiger partial charge in [0.2, 0.25) is 0 Å². The molecule has 4 aromatic rings. The summed E-state index contributed by atoms with van der Waals surface area (Å²) in [5, 5.41) is 0. The average Bonchev–Trinajstić information content (AvgIpc) is 3.84. The zero-order valence-corrected chi connectivity index (χ0v) is 26.1. The number of oxazole rings is 1. The number of anilines is 1. The number of likely N-dealkylation sites (tertiary alicyclic amines) is 1. The summed E-state index contributed by atoms with van der Waals surface area (Å²) in [4.78, 5) is 47.0. The van der Waals surface area contributed by atoms with Crippen LogP contribution in [0.25, 0.3) is 0 Å². The van der Waals surface area contributed by atoms with Crippen molar-refractivity contribution in [3.05, 3.63) is 102 Å². The number of benzene rings is 2. The van der Waals surface area contributed by atoms with E-state index < -0.39 is 0 Å². The van der Waals surface area contributed by atoms with Gasteiger partial charge in [0.15, 0.2) is 11.6 Å². The molecule has 2 fully saturated rings. The van der Waals surface area contributed by atoms with Gasteiger partial charge >= 0.3 is 0 Å². The Labute approximate surface area is 269 Å². The smallest absolute Gasteiger partial charge is 0.275 e. The summed E-state index contributed by atoms with van der Waals surface area (Å²) in [6.07, 6.45) is 12.3. The SMILES string of the molecule is O=C(c1coc(C2CC2)n1)N1CCC2(CCCN(c3cnccn3)CCN(Cc3ccccc3)C(=O)c3ccccc3OC2)CC1. The van der Waals surface area contributed by atoms with Crippen LogP contribution in [0.3, 0.4) is 0 Å². The number of carbonyl (C=O) groups excluding carboxylic acids is 2. The van der Waals surface area contributed by atoms with E-state index in [-0.39, 0.29) is 17.2 Å². The molecule has 1 saturated heterocycles. The second-order valence-electron chi connectivity index (χ2n) is 12.8. The van der Waals surface area contributed by atoms with Crippen molar-refractivity contribution in [3.8, 4) is 5.75 Å². The highest BCUT2D eigenvalue weighted by atomic mass is 16.5. The molecule has 46 heavy (non-hydrogen) atoms. The van der Waals surface area contributed by atoms with Crippen LogP contribution in [0.2, 0.25) is 0 Å². The molecule has 1 spiro atoms. The molecule has 3 aliphatic rings. The van der Waals surface area contributed by atoms with Crippen LogP contribution in [-0.4, -0.2) is 75.9 Å². The maximum Gasteiger partial charge on any atom is 0.275 e. The number of hydrogen-bond acceptors (Lipinski definition) is 8. The zero-order chi connectivity index (χ0) is 31.3. The normalized spacial score (nSPS) is 19.0. The maximum atomic E-state index is 14.2. The van der Waals surface area contributed by atoms with Crippen molar-refractivity contribution < 1.29 is 18.7 Å². The number of rotatable bonds is 5. The summed E-state index contributed by atoms with van der Waals surface area (Å²) in [6.45, 7) is 4.11. The Morgan fingerprint density at radius 3 is 2.50 bits per heavy atom. The monoisotopic (exact) mass is 620 g/mol. The molecule has 1 saturated carbocycles. The molecule has 7 rings (SSSR count). The van der Waals surface area contributed by atoms with E-state index in [0.717, 1.165) is 56.5 Å². The summed E-state index contributed by atoms with van der Waals surface area (Å²) in [7, 11) is 0. The van der Waals surface area contributed by atoms with E-state index >= 15 is 0 Å². The topological polar surface area (TPSA) is 105 Å². The lowest BCUT2D eigenvalue weighted by Gasteiger charge is -2.42. The zero-order valence-electron chi connectivity index (χ0n) is 26.1. The van der Waals surface area contributed by atoms with Gasteiger partial charge in [0, 0.05) is 63.0 Å². The van der Waals surface area contributed by atoms with Crippen molar-refractivity contribution in [1.82, 2.24) is 24.8 Å². The molecule has 2 aliphatic heterocycles. The fourth-order valence-electron chi connectivity index (χ4n) is 6.62. The van der Waals surface area contributed by atoms with Crippen molar-refractivity contribution >= 4 is 17.6 Å². The van der Waals surface area contributed by atoms with E-state index in [2.05, 4.69) is 19.9 Å². The number of piperidine rings is 1. The average molecular weight is 621 g/mol. The van der Waals surface area contributed by atoms with Crippen molar-refractivity contribution in [1.29, 1.82) is 0 Å². The van der Waals surface area contributed by atoms with Gasteiger partial charge in [0.25, 0.3) is 11.8 Å². The number of hydrogen-bond donors (Lipinski definition) is 0. The minimum atomic E-state index is -0.151. The molecule has 0 unspecified atom stereocenters. The van der Waals surface area contributed by atoms with Gasteiger partial charge in [-0.1, -0.05) is 42.5 Å². The largest absolute Gasteiger partial charge is 0.492 e. The molecule has 0 radical (unpaired) electrons. The molecule has 1 aliphatic carbocycles. The first-order valence-electron chi connectivity index (χ1n) is 16.4. The Bertz CT molecular complexity index is 1630. The lowest BCUT2D eigenvalue weighted by molar-refractivity contribution is 0.0360. The Hall–Kier alpha value is -4.73. The maximum absolute atomic E-state index is 14.2. The molecule has 10 heteroatoms. The molecule has 10 nitrogen and oxygen atoms in total. The van der Waals surface area contributed by atoms with Gasteiger partial charge in [-0.3, -0.25) is 14.6 Å². The Balaban J connectivity index is 1.13. The molecule has 2 amide bonds. The molecule has 0 atom stereocenters. The molecule has 0 bridgehead atoms. The predicted octanol–water partition coefficient (Wildman–Crippen LogP) is 5.59. The summed E-state index contributed by atoms with van der Waals surface area (Å²) < 4.78 is 12.2. The fraction of sp³-hybridized carbons (Fsp3) is 0.417. The first kappa shape index (κ1) is 30.0. The van der Waals surface area contributed by atoms with Gasteiger partial charge in [-0.15, -0.1) is 0 Å². The van der Waals surface area contributed by atoms with E-state index in [1.807, 2.05) is 64.4 Å². The third-order valence-electron chi connectivity index (χ3n) is 9.58. The summed E-state index contributed by atoms with van der Waals surface area (Å²) in [5.74, 6) is 2.32. The highest BCUT2D eigenvalue weighted by Crippen LogP contribution is 2.40. The third kappa shape index (κ3) is 6.76. The molecule has 238 valence electrons. The van der Waals surface area contributed by atoms with Crippen LogP contribution in [0.4, 0.5) is 5.82 Å². The first-order chi connectivity index (χ1) is 22.6. The minimum absolute atomic E-state index is 0.0644. The number of carbonyl (C=O) groups is 2. The number of fused-ring (bicyclic) bond motifs is 1. The highest BCUT2D eigenvalue weighted by Gasteiger charge is 2.38. The quantitative estimate of drug-likeness (QED) is 0.285. The van der Waals surface area contributed by atoms with Crippen LogP contribution in [0, 0.1) is 5.41 Å². The van der Waals surface area contributed by atoms with Gasteiger partial charge in [-0.05, 0) is 56.2 Å². The molecule has 2 aromatic heterocycles. The molecule has 2 aromatic carbocycles. The van der Waals surface area contributed by atoms with E-state index in [0.29, 0.717) is 68.1 Å². The first-order valence-corrected chi connectivity index (χ1v) is 16.4. The summed E-state index contributed by atoms with van der Waals surface area (Å²) >= 11 is 0. The van der Waals surface area contributed by atoms with E-state index in [1.165, 1.54) is 6.26 Å². The van der Waals surface area contributed by atoms with Crippen LogP contribution >= 0.6 is 0 Å². The number of ether oxygens (including phenoxy) is 1. The second kappa shape index (κ2) is 13.3. The van der Waals surface area contributed by atoms with Gasteiger partial charge < -0.3 is 23.9 Å². The lowest BCUT2D eigenvalue weighted by Crippen LogP contribution is -2.46.